The van der Waals surface area contributed by atoms with Crippen LogP contribution < -0.4 is 5.32 Å². The molecule has 0 fully saturated rings. The summed E-state index contributed by atoms with van der Waals surface area (Å²) in [6, 6.07) is 3.79. The van der Waals surface area contributed by atoms with Crippen LogP contribution in [0.25, 0.3) is 0 Å². The Kier molecular flexibility index (Phi) is 5.50. The predicted molar refractivity (Wildman–Crippen MR) is 61.9 cm³/mol. The number of aliphatic hydroxyl groups is 1. The number of nitrogens with zero attached hydrogens (tertiary/aromatic N) is 1. The summed E-state index contributed by atoms with van der Waals surface area (Å²) in [6.45, 7) is 2.22. The van der Waals surface area contributed by atoms with E-state index in [1.165, 1.54) is 0 Å². The molecule has 1 atom stereocenters. The molecule has 1 amide bonds. The maximum absolute atomic E-state index is 11.4. The SMILES string of the molecule is CCC(O)CNC(=O)CCc1ccncc1. The lowest BCUT2D eigenvalue weighted by atomic mass is 10.1. The molecule has 4 nitrogen and oxygen atoms in total. The summed E-state index contributed by atoms with van der Waals surface area (Å²) >= 11 is 0. The van der Waals surface area contributed by atoms with Crippen LogP contribution >= 0.6 is 0 Å². The average molecular weight is 222 g/mol. The number of rotatable bonds is 6. The van der Waals surface area contributed by atoms with Crippen molar-refractivity contribution in [3.63, 3.8) is 0 Å². The molecule has 1 unspecified atom stereocenters. The molecule has 1 heterocycles. The number of carbonyl (C=O) groups excluding carboxylic acids is 1. The third kappa shape index (κ3) is 4.89. The first kappa shape index (κ1) is 12.6. The van der Waals surface area contributed by atoms with Gasteiger partial charge >= 0.3 is 0 Å². The first-order valence-electron chi connectivity index (χ1n) is 5.56. The van der Waals surface area contributed by atoms with Crippen molar-refractivity contribution in [1.82, 2.24) is 10.3 Å². The van der Waals surface area contributed by atoms with Gasteiger partial charge in [-0.25, -0.2) is 0 Å². The minimum Gasteiger partial charge on any atom is -0.391 e. The van der Waals surface area contributed by atoms with E-state index in [0.717, 1.165) is 5.56 Å². The fourth-order valence-corrected chi connectivity index (χ4v) is 1.27. The lowest BCUT2D eigenvalue weighted by Crippen LogP contribution is -2.31. The first-order chi connectivity index (χ1) is 7.72. The van der Waals surface area contributed by atoms with Crippen molar-refractivity contribution in [2.45, 2.75) is 32.3 Å². The highest BCUT2D eigenvalue weighted by molar-refractivity contribution is 5.76. The molecule has 0 saturated carbocycles. The van der Waals surface area contributed by atoms with Crippen LogP contribution in [0.1, 0.15) is 25.3 Å². The normalized spacial score (nSPS) is 12.1. The van der Waals surface area contributed by atoms with Crippen LogP contribution in [0.2, 0.25) is 0 Å². The third-order valence-corrected chi connectivity index (χ3v) is 2.40. The molecule has 0 saturated heterocycles. The van der Waals surface area contributed by atoms with Gasteiger partial charge < -0.3 is 10.4 Å². The minimum absolute atomic E-state index is 0.0238. The summed E-state index contributed by atoms with van der Waals surface area (Å²) in [5.74, 6) is -0.0238. The highest BCUT2D eigenvalue weighted by atomic mass is 16.3. The highest BCUT2D eigenvalue weighted by Crippen LogP contribution is 2.00. The molecule has 0 aliphatic carbocycles. The van der Waals surface area contributed by atoms with Crippen molar-refractivity contribution in [1.29, 1.82) is 0 Å². The van der Waals surface area contributed by atoms with E-state index in [2.05, 4.69) is 10.3 Å². The molecule has 0 aromatic carbocycles. The second-order valence-electron chi connectivity index (χ2n) is 3.72. The van der Waals surface area contributed by atoms with Gasteiger partial charge in [-0.05, 0) is 30.5 Å². The van der Waals surface area contributed by atoms with Gasteiger partial charge in [0.2, 0.25) is 5.91 Å². The van der Waals surface area contributed by atoms with Crippen LogP contribution in [0.4, 0.5) is 0 Å². The number of hydrogen-bond donors (Lipinski definition) is 2. The maximum atomic E-state index is 11.4. The van der Waals surface area contributed by atoms with Gasteiger partial charge in [0.15, 0.2) is 0 Å². The molecule has 0 bridgehead atoms. The smallest absolute Gasteiger partial charge is 0.220 e. The fraction of sp³-hybridized carbons (Fsp3) is 0.500. The molecule has 0 spiro atoms. The van der Waals surface area contributed by atoms with Gasteiger partial charge in [0.25, 0.3) is 0 Å². The zero-order valence-corrected chi connectivity index (χ0v) is 9.52. The Labute approximate surface area is 95.7 Å². The molecule has 1 aromatic heterocycles. The van der Waals surface area contributed by atoms with E-state index in [4.69, 9.17) is 0 Å². The Bertz CT molecular complexity index is 314. The molecule has 16 heavy (non-hydrogen) atoms. The summed E-state index contributed by atoms with van der Waals surface area (Å²) < 4.78 is 0. The Morgan fingerprint density at radius 1 is 1.50 bits per heavy atom. The maximum Gasteiger partial charge on any atom is 0.220 e. The lowest BCUT2D eigenvalue weighted by Gasteiger charge is -2.09. The average Bonchev–Trinajstić information content (AvgIpc) is 2.34. The van der Waals surface area contributed by atoms with Crippen LogP contribution in [0, 0.1) is 0 Å². The Balaban J connectivity index is 2.20. The Morgan fingerprint density at radius 3 is 2.81 bits per heavy atom. The number of aliphatic hydroxyl groups excluding tert-OH is 1. The molecule has 88 valence electrons. The van der Waals surface area contributed by atoms with Gasteiger partial charge in [0.1, 0.15) is 0 Å². The van der Waals surface area contributed by atoms with Gasteiger partial charge in [0, 0.05) is 25.4 Å². The standard InChI is InChI=1S/C12H18N2O2/c1-2-11(15)9-14-12(16)4-3-10-5-7-13-8-6-10/h5-8,11,15H,2-4,9H2,1H3,(H,14,16). The topological polar surface area (TPSA) is 62.2 Å². The Hall–Kier alpha value is -1.42. The van der Waals surface area contributed by atoms with E-state index < -0.39 is 6.10 Å². The van der Waals surface area contributed by atoms with Crippen LogP contribution in [-0.2, 0) is 11.2 Å². The van der Waals surface area contributed by atoms with Crippen LogP contribution in [0.3, 0.4) is 0 Å². The lowest BCUT2D eigenvalue weighted by molar-refractivity contribution is -0.121. The summed E-state index contributed by atoms with van der Waals surface area (Å²) in [5, 5.41) is 12.0. The predicted octanol–water partition coefficient (Wildman–Crippen LogP) is 0.901. The number of nitrogens with one attached hydrogen (secondary N) is 1. The largest absolute Gasteiger partial charge is 0.391 e. The van der Waals surface area contributed by atoms with Crippen molar-refractivity contribution in [3.05, 3.63) is 30.1 Å². The van der Waals surface area contributed by atoms with Gasteiger partial charge in [0.05, 0.1) is 6.10 Å². The number of aromatic nitrogens is 1. The summed E-state index contributed by atoms with van der Waals surface area (Å²) in [5.41, 5.74) is 1.10. The van der Waals surface area contributed by atoms with Crippen molar-refractivity contribution in [2.75, 3.05) is 6.54 Å². The molecule has 0 aliphatic rings. The number of amides is 1. The van der Waals surface area contributed by atoms with E-state index in [9.17, 15) is 9.90 Å². The number of aryl methyl sites for hydroxylation is 1. The van der Waals surface area contributed by atoms with E-state index in [-0.39, 0.29) is 5.91 Å². The van der Waals surface area contributed by atoms with Crippen molar-refractivity contribution < 1.29 is 9.90 Å². The summed E-state index contributed by atoms with van der Waals surface area (Å²) in [6.07, 6.45) is 4.80. The number of pyridine rings is 1. The van der Waals surface area contributed by atoms with Crippen LogP contribution in [0.5, 0.6) is 0 Å². The monoisotopic (exact) mass is 222 g/mol. The molecule has 1 rings (SSSR count). The zero-order valence-electron chi connectivity index (χ0n) is 9.52. The van der Waals surface area contributed by atoms with Gasteiger partial charge in [-0.15, -0.1) is 0 Å². The minimum atomic E-state index is -0.440. The highest BCUT2D eigenvalue weighted by Gasteiger charge is 2.05. The van der Waals surface area contributed by atoms with Gasteiger partial charge in [-0.2, -0.15) is 0 Å². The van der Waals surface area contributed by atoms with E-state index in [1.54, 1.807) is 12.4 Å². The molecule has 4 heteroatoms. The summed E-state index contributed by atoms with van der Waals surface area (Å²) in [4.78, 5) is 15.3. The molecule has 0 radical (unpaired) electrons. The third-order valence-electron chi connectivity index (χ3n) is 2.40. The second-order valence-corrected chi connectivity index (χ2v) is 3.72. The van der Waals surface area contributed by atoms with Crippen molar-refractivity contribution in [3.8, 4) is 0 Å². The van der Waals surface area contributed by atoms with E-state index in [1.807, 2.05) is 19.1 Å². The van der Waals surface area contributed by atoms with Crippen LogP contribution in [-0.4, -0.2) is 28.6 Å². The number of carbonyl (C=O) groups is 1. The van der Waals surface area contributed by atoms with Crippen molar-refractivity contribution >= 4 is 5.91 Å². The van der Waals surface area contributed by atoms with Crippen LogP contribution in [0.15, 0.2) is 24.5 Å². The first-order valence-corrected chi connectivity index (χ1v) is 5.56. The quantitative estimate of drug-likeness (QED) is 0.751. The molecule has 2 N–H and O–H groups in total. The number of hydrogen-bond acceptors (Lipinski definition) is 3. The Morgan fingerprint density at radius 2 is 2.19 bits per heavy atom. The zero-order chi connectivity index (χ0) is 11.8. The van der Waals surface area contributed by atoms with Gasteiger partial charge in [-0.3, -0.25) is 9.78 Å². The second kappa shape index (κ2) is 6.95. The molecule has 1 aromatic rings. The van der Waals surface area contributed by atoms with Crippen molar-refractivity contribution in [2.24, 2.45) is 0 Å². The van der Waals surface area contributed by atoms with Gasteiger partial charge in [-0.1, -0.05) is 6.92 Å². The summed E-state index contributed by atoms with van der Waals surface area (Å²) in [7, 11) is 0. The fourth-order valence-electron chi connectivity index (χ4n) is 1.27. The molecular weight excluding hydrogens is 204 g/mol. The molecular formula is C12H18N2O2. The molecule has 0 aliphatic heterocycles. The van der Waals surface area contributed by atoms with E-state index >= 15 is 0 Å². The van der Waals surface area contributed by atoms with E-state index in [0.29, 0.717) is 25.8 Å².